The second-order valence-corrected chi connectivity index (χ2v) is 8.87. The van der Waals surface area contributed by atoms with Gasteiger partial charge < -0.3 is 10.2 Å². The number of piperidine rings is 1. The van der Waals surface area contributed by atoms with Crippen LogP contribution < -0.4 is 15.5 Å². The summed E-state index contributed by atoms with van der Waals surface area (Å²) in [5.74, 6) is -1.01. The highest BCUT2D eigenvalue weighted by molar-refractivity contribution is 6.06. The highest BCUT2D eigenvalue weighted by Crippen LogP contribution is 2.32. The quantitative estimate of drug-likeness (QED) is 0.570. The van der Waals surface area contributed by atoms with Gasteiger partial charge in [-0.05, 0) is 60.4 Å². The van der Waals surface area contributed by atoms with Gasteiger partial charge in [0.15, 0.2) is 0 Å². The van der Waals surface area contributed by atoms with Crippen LogP contribution in [0.5, 0.6) is 0 Å². The molecular formula is C25H22N6O4. The fraction of sp³-hybridized carbons (Fsp3) is 0.240. The Bertz CT molecular complexity index is 1380. The molecule has 1 fully saturated rings. The predicted molar refractivity (Wildman–Crippen MR) is 126 cm³/mol. The Morgan fingerprint density at radius 3 is 2.74 bits per heavy atom. The summed E-state index contributed by atoms with van der Waals surface area (Å²) < 4.78 is 1.75. The van der Waals surface area contributed by atoms with Crippen molar-refractivity contribution in [3.8, 4) is 5.69 Å². The number of imide groups is 1. The van der Waals surface area contributed by atoms with E-state index < -0.39 is 11.9 Å². The van der Waals surface area contributed by atoms with E-state index in [1.165, 1.54) is 4.90 Å². The van der Waals surface area contributed by atoms with Crippen molar-refractivity contribution >= 4 is 35.1 Å². The van der Waals surface area contributed by atoms with Crippen LogP contribution in [0.2, 0.25) is 0 Å². The number of urea groups is 1. The van der Waals surface area contributed by atoms with E-state index >= 15 is 0 Å². The van der Waals surface area contributed by atoms with Crippen molar-refractivity contribution in [1.82, 2.24) is 20.0 Å². The number of nitrogens with zero attached hydrogens (tertiary/aromatic N) is 4. The summed E-state index contributed by atoms with van der Waals surface area (Å²) in [6.07, 6.45) is 4.84. The molecule has 10 nitrogen and oxygen atoms in total. The Kier molecular flexibility index (Phi) is 4.87. The zero-order chi connectivity index (χ0) is 24.1. The van der Waals surface area contributed by atoms with E-state index in [0.29, 0.717) is 24.2 Å². The van der Waals surface area contributed by atoms with E-state index in [4.69, 9.17) is 0 Å². The molecule has 176 valence electrons. The van der Waals surface area contributed by atoms with Crippen molar-refractivity contribution in [1.29, 1.82) is 0 Å². The Hall–Kier alpha value is -4.47. The predicted octanol–water partition coefficient (Wildman–Crippen LogP) is 2.23. The summed E-state index contributed by atoms with van der Waals surface area (Å²) in [5.41, 5.74) is 4.62. The number of rotatable bonds is 3. The zero-order valence-electron chi connectivity index (χ0n) is 18.7. The second-order valence-electron chi connectivity index (χ2n) is 8.87. The molecule has 10 heteroatoms. The van der Waals surface area contributed by atoms with E-state index in [2.05, 4.69) is 15.7 Å². The lowest BCUT2D eigenvalue weighted by Crippen LogP contribution is -2.52. The van der Waals surface area contributed by atoms with Gasteiger partial charge in [0.25, 0.3) is 5.91 Å². The van der Waals surface area contributed by atoms with E-state index in [0.717, 1.165) is 28.9 Å². The third-order valence-electron chi connectivity index (χ3n) is 6.75. The maximum absolute atomic E-state index is 13.2. The molecule has 5 amide bonds. The number of fused-ring (bicyclic) bond motifs is 2. The molecular weight excluding hydrogens is 448 g/mol. The lowest BCUT2D eigenvalue weighted by Gasteiger charge is -2.29. The summed E-state index contributed by atoms with van der Waals surface area (Å²) in [6, 6.07) is 12.0. The molecule has 0 saturated carbocycles. The number of carbonyl (C=O) groups is 4. The number of nitrogens with one attached hydrogen (secondary N) is 2. The molecule has 1 unspecified atom stereocenters. The molecule has 1 atom stereocenters. The molecule has 1 saturated heterocycles. The van der Waals surface area contributed by atoms with Crippen LogP contribution >= 0.6 is 0 Å². The Labute approximate surface area is 200 Å². The summed E-state index contributed by atoms with van der Waals surface area (Å²) in [6.45, 7) is 0.820. The first-order valence-electron chi connectivity index (χ1n) is 11.5. The van der Waals surface area contributed by atoms with E-state index in [1.807, 2.05) is 30.5 Å². The normalized spacial score (nSPS) is 19.0. The molecule has 0 radical (unpaired) electrons. The monoisotopic (exact) mass is 470 g/mol. The van der Waals surface area contributed by atoms with Crippen LogP contribution in [0.3, 0.4) is 0 Å². The molecule has 2 N–H and O–H groups in total. The molecule has 2 aromatic carbocycles. The molecule has 0 spiro atoms. The Morgan fingerprint density at radius 1 is 1.06 bits per heavy atom. The fourth-order valence-electron chi connectivity index (χ4n) is 4.99. The first-order chi connectivity index (χ1) is 17.0. The van der Waals surface area contributed by atoms with Crippen molar-refractivity contribution < 1.29 is 19.2 Å². The summed E-state index contributed by atoms with van der Waals surface area (Å²) in [5, 5.41) is 9.51. The zero-order valence-corrected chi connectivity index (χ0v) is 18.7. The number of anilines is 2. The lowest BCUT2D eigenvalue weighted by atomic mass is 10.0. The smallest absolute Gasteiger partial charge is 0.322 e. The fourth-order valence-corrected chi connectivity index (χ4v) is 4.99. The molecule has 3 aliphatic rings. The van der Waals surface area contributed by atoms with Crippen molar-refractivity contribution in [3.63, 3.8) is 0 Å². The highest BCUT2D eigenvalue weighted by atomic mass is 16.2. The lowest BCUT2D eigenvalue weighted by molar-refractivity contribution is -0.136. The molecule has 35 heavy (non-hydrogen) atoms. The van der Waals surface area contributed by atoms with Gasteiger partial charge in [0.2, 0.25) is 11.8 Å². The molecule has 3 aliphatic heterocycles. The SMILES string of the molecule is O=C1CCC(N2Cc3cc(NC(=O)N4CCc5ccc(-n6cccn6)cc54)ccc3C2=O)C(=O)N1. The maximum Gasteiger partial charge on any atom is 0.326 e. The van der Waals surface area contributed by atoms with E-state index in [1.54, 1.807) is 34.0 Å². The van der Waals surface area contributed by atoms with E-state index in [9.17, 15) is 19.2 Å². The van der Waals surface area contributed by atoms with Gasteiger partial charge in [-0.2, -0.15) is 5.10 Å². The molecule has 0 aliphatic carbocycles. The Morgan fingerprint density at radius 2 is 1.94 bits per heavy atom. The van der Waals surface area contributed by atoms with Crippen molar-refractivity contribution in [2.75, 3.05) is 16.8 Å². The van der Waals surface area contributed by atoms with Gasteiger partial charge in [-0.15, -0.1) is 0 Å². The van der Waals surface area contributed by atoms with E-state index in [-0.39, 0.29) is 30.8 Å². The maximum atomic E-state index is 13.2. The van der Waals surface area contributed by atoms with Crippen LogP contribution in [0.1, 0.15) is 34.3 Å². The highest BCUT2D eigenvalue weighted by Gasteiger charge is 2.39. The summed E-state index contributed by atoms with van der Waals surface area (Å²) in [4.78, 5) is 53.0. The number of hydrogen-bond acceptors (Lipinski definition) is 5. The van der Waals surface area contributed by atoms with Crippen molar-refractivity contribution in [3.05, 3.63) is 71.5 Å². The molecule has 3 aromatic rings. The first kappa shape index (κ1) is 21.1. The van der Waals surface area contributed by atoms with Crippen LogP contribution in [0.4, 0.5) is 16.2 Å². The van der Waals surface area contributed by atoms with Gasteiger partial charge in [-0.25, -0.2) is 9.48 Å². The van der Waals surface area contributed by atoms with Crippen LogP contribution in [0.15, 0.2) is 54.9 Å². The molecule has 1 aromatic heterocycles. The minimum absolute atomic E-state index is 0.206. The largest absolute Gasteiger partial charge is 0.326 e. The number of hydrogen-bond donors (Lipinski definition) is 2. The summed E-state index contributed by atoms with van der Waals surface area (Å²) >= 11 is 0. The number of aromatic nitrogens is 2. The van der Waals surface area contributed by atoms with Crippen molar-refractivity contribution in [2.24, 2.45) is 0 Å². The molecule has 0 bridgehead atoms. The minimum atomic E-state index is -0.671. The first-order valence-corrected chi connectivity index (χ1v) is 11.5. The van der Waals surface area contributed by atoms with Gasteiger partial charge >= 0.3 is 6.03 Å². The van der Waals surface area contributed by atoms with Crippen LogP contribution in [-0.2, 0) is 22.6 Å². The topological polar surface area (TPSA) is 117 Å². The average Bonchev–Trinajstić information content (AvgIpc) is 3.58. The van der Waals surface area contributed by atoms with Gasteiger partial charge in [-0.3, -0.25) is 24.6 Å². The van der Waals surface area contributed by atoms with Gasteiger partial charge in [0.1, 0.15) is 6.04 Å². The van der Waals surface area contributed by atoms with Gasteiger partial charge in [0, 0.05) is 43.2 Å². The minimum Gasteiger partial charge on any atom is -0.322 e. The Balaban J connectivity index is 1.19. The third-order valence-corrected chi connectivity index (χ3v) is 6.75. The second kappa shape index (κ2) is 8.08. The molecule has 6 rings (SSSR count). The summed E-state index contributed by atoms with van der Waals surface area (Å²) in [7, 11) is 0. The number of carbonyl (C=O) groups excluding carboxylic acids is 4. The van der Waals surface area contributed by atoms with Crippen molar-refractivity contribution in [2.45, 2.75) is 31.8 Å². The standard InChI is InChI=1S/C25H22N6O4/c32-22-7-6-20(23(33)28-22)30-14-16-12-17(3-5-19(16)24(30)34)27-25(35)29-11-8-15-2-4-18(13-21(15)29)31-10-1-9-26-31/h1-5,9-10,12-13,20H,6-8,11,14H2,(H,27,35)(H,28,32,33). The average molecular weight is 470 g/mol. The van der Waals surface area contributed by atoms with Gasteiger partial charge in [-0.1, -0.05) is 6.07 Å². The third kappa shape index (κ3) is 3.63. The molecule has 4 heterocycles. The number of benzene rings is 2. The number of amides is 5. The van der Waals surface area contributed by atoms with Gasteiger partial charge in [0.05, 0.1) is 11.4 Å². The van der Waals surface area contributed by atoms with Crippen LogP contribution in [-0.4, -0.2) is 51.0 Å². The van der Waals surface area contributed by atoms with Crippen LogP contribution in [0, 0.1) is 0 Å². The van der Waals surface area contributed by atoms with Crippen LogP contribution in [0.25, 0.3) is 5.69 Å².